The van der Waals surface area contributed by atoms with E-state index >= 15 is 0 Å². The number of carbonyl (C=O) groups is 2. The normalized spacial score (nSPS) is 16.0. The van der Waals surface area contributed by atoms with E-state index in [1.165, 1.54) is 30.9 Å². The number of amides is 2. The lowest BCUT2D eigenvalue weighted by atomic mass is 10.0. The molecule has 0 spiro atoms. The fraction of sp³-hybridized carbons (Fsp3) is 0.263. The first-order chi connectivity index (χ1) is 13.2. The van der Waals surface area contributed by atoms with E-state index in [1.807, 2.05) is 18.4 Å². The highest BCUT2D eigenvalue weighted by Crippen LogP contribution is 2.34. The van der Waals surface area contributed by atoms with Crippen molar-refractivity contribution in [3.63, 3.8) is 0 Å². The van der Waals surface area contributed by atoms with Gasteiger partial charge >= 0.3 is 0 Å². The molecule has 0 fully saturated rings. The van der Waals surface area contributed by atoms with Crippen LogP contribution in [0.3, 0.4) is 0 Å². The molecule has 2 N–H and O–H groups in total. The predicted octanol–water partition coefficient (Wildman–Crippen LogP) is 2.72. The van der Waals surface area contributed by atoms with Gasteiger partial charge in [-0.2, -0.15) is 4.31 Å². The predicted molar refractivity (Wildman–Crippen MR) is 110 cm³/mol. The number of anilines is 2. The van der Waals surface area contributed by atoms with Gasteiger partial charge < -0.3 is 10.6 Å². The van der Waals surface area contributed by atoms with Crippen LogP contribution in [-0.4, -0.2) is 44.4 Å². The molecule has 9 heteroatoms. The maximum absolute atomic E-state index is 12.9. The van der Waals surface area contributed by atoms with E-state index in [-0.39, 0.29) is 17.3 Å². The number of rotatable bonds is 6. The molecule has 1 atom stereocenters. The second-order valence-electron chi connectivity index (χ2n) is 6.47. The van der Waals surface area contributed by atoms with Crippen LogP contribution in [0, 0.1) is 0 Å². The van der Waals surface area contributed by atoms with Gasteiger partial charge in [-0.15, -0.1) is 11.8 Å². The molecule has 0 unspecified atom stereocenters. The second kappa shape index (κ2) is 7.94. The van der Waals surface area contributed by atoms with E-state index < -0.39 is 21.8 Å². The zero-order valence-corrected chi connectivity index (χ0v) is 17.4. The summed E-state index contributed by atoms with van der Waals surface area (Å²) in [4.78, 5) is 25.1. The van der Waals surface area contributed by atoms with Crippen molar-refractivity contribution >= 4 is 45.0 Å². The minimum atomic E-state index is -3.88. The lowest BCUT2D eigenvalue weighted by Crippen LogP contribution is -2.35. The molecule has 28 heavy (non-hydrogen) atoms. The molecular formula is C19H21N3O4S2. The van der Waals surface area contributed by atoms with Gasteiger partial charge in [0.1, 0.15) is 0 Å². The molecule has 2 aromatic carbocycles. The van der Waals surface area contributed by atoms with Crippen LogP contribution in [0.2, 0.25) is 0 Å². The van der Waals surface area contributed by atoms with Crippen LogP contribution in [-0.2, 0) is 19.6 Å². The van der Waals surface area contributed by atoms with Crippen LogP contribution in [0.4, 0.5) is 11.4 Å². The summed E-state index contributed by atoms with van der Waals surface area (Å²) in [6.45, 7) is 1.40. The molecule has 0 bridgehead atoms. The number of hydrogen-bond acceptors (Lipinski definition) is 5. The van der Waals surface area contributed by atoms with Crippen molar-refractivity contribution in [3.05, 3.63) is 48.0 Å². The molecule has 1 heterocycles. The Morgan fingerprint density at radius 2 is 1.96 bits per heavy atom. The number of para-hydroxylation sites is 1. The van der Waals surface area contributed by atoms with E-state index in [1.54, 1.807) is 25.1 Å². The molecule has 2 amide bonds. The molecule has 148 valence electrons. The quantitative estimate of drug-likeness (QED) is 0.702. The van der Waals surface area contributed by atoms with Crippen molar-refractivity contribution in [2.75, 3.05) is 30.5 Å². The van der Waals surface area contributed by atoms with Crippen molar-refractivity contribution < 1.29 is 18.0 Å². The standard InChI is InChI=1S/C19H21N3O4S2/c1-12-14-10-13(8-9-15(14)21-19(12)24)28(25,26)22(2)11-18(23)20-16-6-4-5-7-17(16)27-3/h4-10,12H,11H2,1-3H3,(H,20,23)(H,21,24)/t12-/m0/s1. The van der Waals surface area contributed by atoms with Gasteiger partial charge in [-0.25, -0.2) is 8.42 Å². The number of thioether (sulfide) groups is 1. The summed E-state index contributed by atoms with van der Waals surface area (Å²) in [6.07, 6.45) is 1.90. The second-order valence-corrected chi connectivity index (χ2v) is 9.36. The summed E-state index contributed by atoms with van der Waals surface area (Å²) in [5.41, 5.74) is 1.89. The van der Waals surface area contributed by atoms with E-state index in [9.17, 15) is 18.0 Å². The Morgan fingerprint density at radius 1 is 1.25 bits per heavy atom. The van der Waals surface area contributed by atoms with Gasteiger partial charge in [0.15, 0.2) is 0 Å². The zero-order valence-electron chi connectivity index (χ0n) is 15.7. The Kier molecular flexibility index (Phi) is 5.78. The van der Waals surface area contributed by atoms with Gasteiger partial charge in [-0.1, -0.05) is 12.1 Å². The third-order valence-electron chi connectivity index (χ3n) is 4.60. The largest absolute Gasteiger partial charge is 0.325 e. The molecule has 0 aliphatic carbocycles. The number of nitrogens with one attached hydrogen (secondary N) is 2. The third-order valence-corrected chi connectivity index (χ3v) is 7.19. The van der Waals surface area contributed by atoms with Gasteiger partial charge in [0, 0.05) is 17.6 Å². The fourth-order valence-electron chi connectivity index (χ4n) is 2.96. The Labute approximate surface area is 168 Å². The number of benzene rings is 2. The first-order valence-electron chi connectivity index (χ1n) is 8.58. The highest BCUT2D eigenvalue weighted by Gasteiger charge is 2.30. The van der Waals surface area contributed by atoms with Crippen molar-refractivity contribution in [1.29, 1.82) is 0 Å². The summed E-state index contributed by atoms with van der Waals surface area (Å²) in [6, 6.07) is 11.8. The van der Waals surface area contributed by atoms with Crippen LogP contribution in [0.15, 0.2) is 52.3 Å². The van der Waals surface area contributed by atoms with Gasteiger partial charge in [0.05, 0.1) is 23.0 Å². The summed E-state index contributed by atoms with van der Waals surface area (Å²) < 4.78 is 26.7. The van der Waals surface area contributed by atoms with Gasteiger partial charge in [0.25, 0.3) is 0 Å². The average Bonchev–Trinajstić information content (AvgIpc) is 2.95. The zero-order chi connectivity index (χ0) is 20.5. The molecule has 0 aromatic heterocycles. The van der Waals surface area contributed by atoms with Crippen molar-refractivity contribution in [2.24, 2.45) is 0 Å². The summed E-state index contributed by atoms with van der Waals surface area (Å²) in [5.74, 6) is -1.01. The van der Waals surface area contributed by atoms with Crippen molar-refractivity contribution in [3.8, 4) is 0 Å². The molecular weight excluding hydrogens is 398 g/mol. The molecule has 2 aromatic rings. The van der Waals surface area contributed by atoms with Crippen LogP contribution in [0.25, 0.3) is 0 Å². The van der Waals surface area contributed by atoms with Crippen LogP contribution in [0.1, 0.15) is 18.4 Å². The van der Waals surface area contributed by atoms with E-state index in [2.05, 4.69) is 10.6 Å². The van der Waals surface area contributed by atoms with Crippen molar-refractivity contribution in [1.82, 2.24) is 4.31 Å². The number of fused-ring (bicyclic) bond motifs is 1. The summed E-state index contributed by atoms with van der Waals surface area (Å²) in [7, 11) is -2.52. The maximum Gasteiger partial charge on any atom is 0.243 e. The van der Waals surface area contributed by atoms with Crippen LogP contribution >= 0.6 is 11.8 Å². The topological polar surface area (TPSA) is 95.6 Å². The average molecular weight is 420 g/mol. The summed E-state index contributed by atoms with van der Waals surface area (Å²) >= 11 is 1.49. The summed E-state index contributed by atoms with van der Waals surface area (Å²) in [5, 5.41) is 5.46. The van der Waals surface area contributed by atoms with Crippen LogP contribution < -0.4 is 10.6 Å². The lowest BCUT2D eigenvalue weighted by molar-refractivity contribution is -0.117. The molecule has 1 aliphatic rings. The van der Waals surface area contributed by atoms with E-state index in [4.69, 9.17) is 0 Å². The number of carbonyl (C=O) groups excluding carboxylic acids is 2. The number of sulfonamides is 1. The fourth-order valence-corrected chi connectivity index (χ4v) is 4.68. The van der Waals surface area contributed by atoms with Gasteiger partial charge in [-0.3, -0.25) is 9.59 Å². The SMILES string of the molecule is CSc1ccccc1NC(=O)CN(C)S(=O)(=O)c1ccc2c(c1)[C@H](C)C(=O)N2. The third kappa shape index (κ3) is 3.91. The first kappa shape index (κ1) is 20.4. The highest BCUT2D eigenvalue weighted by molar-refractivity contribution is 7.98. The van der Waals surface area contributed by atoms with E-state index in [0.29, 0.717) is 16.9 Å². The minimum absolute atomic E-state index is 0.0504. The molecule has 7 nitrogen and oxygen atoms in total. The number of nitrogens with zero attached hydrogens (tertiary/aromatic N) is 1. The van der Waals surface area contributed by atoms with Gasteiger partial charge in [-0.05, 0) is 49.1 Å². The maximum atomic E-state index is 12.9. The number of hydrogen-bond donors (Lipinski definition) is 2. The highest BCUT2D eigenvalue weighted by atomic mass is 32.2. The smallest absolute Gasteiger partial charge is 0.243 e. The van der Waals surface area contributed by atoms with Gasteiger partial charge in [0.2, 0.25) is 21.8 Å². The molecule has 3 rings (SSSR count). The minimum Gasteiger partial charge on any atom is -0.325 e. The Hall–Kier alpha value is -2.36. The Balaban J connectivity index is 1.76. The Morgan fingerprint density at radius 3 is 2.68 bits per heavy atom. The lowest BCUT2D eigenvalue weighted by Gasteiger charge is -2.18. The van der Waals surface area contributed by atoms with E-state index in [0.717, 1.165) is 9.20 Å². The molecule has 1 aliphatic heterocycles. The Bertz CT molecular complexity index is 1040. The molecule has 0 radical (unpaired) electrons. The number of likely N-dealkylation sites (N-methyl/N-ethyl adjacent to an activating group) is 1. The monoisotopic (exact) mass is 419 g/mol. The first-order valence-corrected chi connectivity index (χ1v) is 11.2. The molecule has 0 saturated heterocycles. The van der Waals surface area contributed by atoms with Crippen LogP contribution in [0.5, 0.6) is 0 Å². The van der Waals surface area contributed by atoms with Crippen molar-refractivity contribution in [2.45, 2.75) is 22.6 Å². The molecule has 0 saturated carbocycles.